The van der Waals surface area contributed by atoms with Crippen molar-refractivity contribution >= 4 is 21.9 Å². The summed E-state index contributed by atoms with van der Waals surface area (Å²) >= 11 is 0. The Morgan fingerprint density at radius 3 is 2.49 bits per heavy atom. The number of fused-ring (bicyclic) bond motifs is 3. The van der Waals surface area contributed by atoms with Gasteiger partial charge in [0.25, 0.3) is 0 Å². The molecule has 0 saturated carbocycles. The highest BCUT2D eigenvalue weighted by Gasteiger charge is 2.33. The molecule has 5 aromatic rings. The lowest BCUT2D eigenvalue weighted by molar-refractivity contribution is -0.141. The van der Waals surface area contributed by atoms with E-state index in [1.165, 1.54) is 22.1 Å². The van der Waals surface area contributed by atoms with Gasteiger partial charge in [-0.1, -0.05) is 13.0 Å². The van der Waals surface area contributed by atoms with Crippen molar-refractivity contribution in [1.82, 2.24) is 24.1 Å². The first-order chi connectivity index (χ1) is 17.6. The SMILES string of the molecule is CCc1ncc(-c2ccc3ncc4c(c3c2)n(-c2ccc(C(F)(F)F)nc2C)c(=O)n4C)cc1COC. The first-order valence-electron chi connectivity index (χ1n) is 11.7. The summed E-state index contributed by atoms with van der Waals surface area (Å²) < 4.78 is 47.8. The van der Waals surface area contributed by atoms with Gasteiger partial charge in [-0.05, 0) is 54.8 Å². The number of halogens is 3. The van der Waals surface area contributed by atoms with E-state index in [0.717, 1.165) is 34.9 Å². The lowest BCUT2D eigenvalue weighted by Gasteiger charge is -2.12. The van der Waals surface area contributed by atoms with Gasteiger partial charge < -0.3 is 4.74 Å². The molecule has 0 aliphatic heterocycles. The van der Waals surface area contributed by atoms with Crippen molar-refractivity contribution in [3.63, 3.8) is 0 Å². The van der Waals surface area contributed by atoms with Crippen molar-refractivity contribution in [2.45, 2.75) is 33.1 Å². The number of ether oxygens (including phenoxy) is 1. The highest BCUT2D eigenvalue weighted by atomic mass is 19.4. The summed E-state index contributed by atoms with van der Waals surface area (Å²) in [4.78, 5) is 26.2. The van der Waals surface area contributed by atoms with Crippen LogP contribution in [0.2, 0.25) is 0 Å². The minimum absolute atomic E-state index is 0.0918. The quantitative estimate of drug-likeness (QED) is 0.320. The van der Waals surface area contributed by atoms with Crippen LogP contribution in [0, 0.1) is 6.92 Å². The second kappa shape index (κ2) is 9.11. The number of alkyl halides is 3. The van der Waals surface area contributed by atoms with E-state index in [4.69, 9.17) is 4.74 Å². The standard InChI is InChI=1S/C27H24F3N5O2/c1-5-20-18(14-37-4)10-17(12-31-20)16-6-7-21-19(11-16)25-23(13-32-21)34(3)26(36)35(25)22-8-9-24(27(28,29)30)33-15(22)2/h6-13H,5,14H2,1-4H3. The fourth-order valence-corrected chi connectivity index (χ4v) is 4.64. The molecule has 0 radical (unpaired) electrons. The number of hydrogen-bond acceptors (Lipinski definition) is 5. The highest BCUT2D eigenvalue weighted by Crippen LogP contribution is 2.32. The number of hydrogen-bond donors (Lipinski definition) is 0. The van der Waals surface area contributed by atoms with Crippen molar-refractivity contribution < 1.29 is 17.9 Å². The Hall–Kier alpha value is -4.05. The molecule has 0 unspecified atom stereocenters. The Kier molecular flexibility index (Phi) is 6.07. The molecule has 0 spiro atoms. The minimum atomic E-state index is -4.58. The molecule has 0 aliphatic rings. The summed E-state index contributed by atoms with van der Waals surface area (Å²) in [6, 6.07) is 9.91. The van der Waals surface area contributed by atoms with E-state index in [0.29, 0.717) is 28.5 Å². The van der Waals surface area contributed by atoms with Crippen LogP contribution in [0.1, 0.15) is 29.6 Å². The summed E-state index contributed by atoms with van der Waals surface area (Å²) in [5, 5.41) is 0.680. The third-order valence-electron chi connectivity index (χ3n) is 6.50. The Bertz CT molecular complexity index is 1720. The van der Waals surface area contributed by atoms with Crippen molar-refractivity contribution in [2.24, 2.45) is 7.05 Å². The third kappa shape index (κ3) is 4.17. The molecule has 5 rings (SSSR count). The number of nitrogens with zero attached hydrogens (tertiary/aromatic N) is 5. The minimum Gasteiger partial charge on any atom is -0.380 e. The zero-order chi connectivity index (χ0) is 26.5. The van der Waals surface area contributed by atoms with Gasteiger partial charge in [-0.3, -0.25) is 19.1 Å². The van der Waals surface area contributed by atoms with Crippen LogP contribution in [-0.4, -0.2) is 31.2 Å². The first-order valence-corrected chi connectivity index (χ1v) is 11.7. The molecule has 7 nitrogen and oxygen atoms in total. The van der Waals surface area contributed by atoms with E-state index in [-0.39, 0.29) is 11.4 Å². The molecule has 0 aliphatic carbocycles. The van der Waals surface area contributed by atoms with Crippen molar-refractivity contribution in [3.8, 4) is 16.8 Å². The second-order valence-corrected chi connectivity index (χ2v) is 8.82. The van der Waals surface area contributed by atoms with Gasteiger partial charge in [0.15, 0.2) is 0 Å². The van der Waals surface area contributed by atoms with Gasteiger partial charge in [0.1, 0.15) is 5.69 Å². The maximum absolute atomic E-state index is 13.3. The Morgan fingerprint density at radius 2 is 1.81 bits per heavy atom. The smallest absolute Gasteiger partial charge is 0.380 e. The molecular formula is C27H24F3N5O2. The molecule has 10 heteroatoms. The number of imidazole rings is 1. The van der Waals surface area contributed by atoms with Crippen molar-refractivity contribution in [3.05, 3.63) is 81.9 Å². The molecule has 0 fully saturated rings. The summed E-state index contributed by atoms with van der Waals surface area (Å²) in [5.41, 5.74) is 4.36. The van der Waals surface area contributed by atoms with E-state index < -0.39 is 17.6 Å². The van der Waals surface area contributed by atoms with Gasteiger partial charge in [0, 0.05) is 37.0 Å². The van der Waals surface area contributed by atoms with Crippen LogP contribution in [0.4, 0.5) is 13.2 Å². The number of pyridine rings is 3. The Morgan fingerprint density at radius 1 is 1.03 bits per heavy atom. The van der Waals surface area contributed by atoms with Crippen LogP contribution in [0.25, 0.3) is 38.8 Å². The maximum Gasteiger partial charge on any atom is 0.433 e. The lowest BCUT2D eigenvalue weighted by Crippen LogP contribution is -2.22. The molecule has 4 aromatic heterocycles. The van der Waals surface area contributed by atoms with Crippen LogP contribution in [0.3, 0.4) is 0 Å². The zero-order valence-corrected chi connectivity index (χ0v) is 20.7. The van der Waals surface area contributed by atoms with Gasteiger partial charge in [-0.15, -0.1) is 0 Å². The first kappa shape index (κ1) is 24.6. The number of aryl methyl sites for hydroxylation is 3. The largest absolute Gasteiger partial charge is 0.433 e. The van der Waals surface area contributed by atoms with Gasteiger partial charge in [-0.2, -0.15) is 13.2 Å². The number of aromatic nitrogens is 5. The molecule has 1 aromatic carbocycles. The maximum atomic E-state index is 13.3. The van der Waals surface area contributed by atoms with E-state index in [1.807, 2.05) is 31.2 Å². The van der Waals surface area contributed by atoms with Crippen molar-refractivity contribution in [1.29, 1.82) is 0 Å². The molecule has 0 saturated heterocycles. The zero-order valence-electron chi connectivity index (χ0n) is 20.7. The summed E-state index contributed by atoms with van der Waals surface area (Å²) in [5.74, 6) is 0. The van der Waals surface area contributed by atoms with Crippen LogP contribution in [0.5, 0.6) is 0 Å². The molecular weight excluding hydrogens is 483 g/mol. The van der Waals surface area contributed by atoms with E-state index in [2.05, 4.69) is 15.0 Å². The van der Waals surface area contributed by atoms with Crippen LogP contribution >= 0.6 is 0 Å². The van der Waals surface area contributed by atoms with Crippen LogP contribution < -0.4 is 5.69 Å². The van der Waals surface area contributed by atoms with Crippen LogP contribution in [0.15, 0.2) is 53.6 Å². The molecule has 0 bridgehead atoms. The number of methoxy groups -OCH3 is 1. The normalized spacial score (nSPS) is 12.1. The number of benzene rings is 1. The van der Waals surface area contributed by atoms with E-state index >= 15 is 0 Å². The molecule has 4 heterocycles. The monoisotopic (exact) mass is 507 g/mol. The fourth-order valence-electron chi connectivity index (χ4n) is 4.64. The predicted octanol–water partition coefficient (Wildman–Crippen LogP) is 5.37. The van der Waals surface area contributed by atoms with Crippen LogP contribution in [-0.2, 0) is 31.0 Å². The average molecular weight is 508 g/mol. The number of rotatable bonds is 5. The van der Waals surface area contributed by atoms with Gasteiger partial charge >= 0.3 is 11.9 Å². The Balaban J connectivity index is 1.77. The highest BCUT2D eigenvalue weighted by molar-refractivity contribution is 6.04. The van der Waals surface area contributed by atoms with E-state index in [1.54, 1.807) is 26.6 Å². The summed E-state index contributed by atoms with van der Waals surface area (Å²) in [7, 11) is 3.24. The van der Waals surface area contributed by atoms with Crippen molar-refractivity contribution in [2.75, 3.05) is 7.11 Å². The molecule has 37 heavy (non-hydrogen) atoms. The molecule has 190 valence electrons. The molecule has 0 atom stereocenters. The fraction of sp³-hybridized carbons (Fsp3) is 0.259. The molecule has 0 N–H and O–H groups in total. The third-order valence-corrected chi connectivity index (χ3v) is 6.50. The topological polar surface area (TPSA) is 74.8 Å². The van der Waals surface area contributed by atoms with Gasteiger partial charge in [-0.25, -0.2) is 9.78 Å². The summed E-state index contributed by atoms with van der Waals surface area (Å²) in [6.45, 7) is 3.93. The predicted molar refractivity (Wildman–Crippen MR) is 135 cm³/mol. The Labute approximate surface area is 210 Å². The van der Waals surface area contributed by atoms with Gasteiger partial charge in [0.2, 0.25) is 0 Å². The van der Waals surface area contributed by atoms with E-state index in [9.17, 15) is 18.0 Å². The van der Waals surface area contributed by atoms with Gasteiger partial charge in [0.05, 0.1) is 40.7 Å². The lowest BCUT2D eigenvalue weighted by atomic mass is 10.0. The summed E-state index contributed by atoms with van der Waals surface area (Å²) in [6.07, 6.45) is -0.412. The average Bonchev–Trinajstić information content (AvgIpc) is 3.13. The second-order valence-electron chi connectivity index (χ2n) is 8.82. The molecule has 0 amide bonds.